The highest BCUT2D eigenvalue weighted by molar-refractivity contribution is 6.06. The molecule has 1 aliphatic carbocycles. The maximum absolute atomic E-state index is 6.09. The van der Waals surface area contributed by atoms with Crippen molar-refractivity contribution in [3.8, 4) is 0 Å². The van der Waals surface area contributed by atoms with Gasteiger partial charge in [-0.2, -0.15) is 0 Å². The topological polar surface area (TPSA) is 16.4 Å². The number of fused-ring (bicyclic) bond motifs is 6. The Morgan fingerprint density at radius 2 is 1.68 bits per heavy atom. The second kappa shape index (κ2) is 4.81. The lowest BCUT2D eigenvalue weighted by Crippen LogP contribution is -2.65. The molecule has 2 heteroatoms. The molecule has 130 valence electrons. The zero-order valence-electron chi connectivity index (χ0n) is 15.7. The Morgan fingerprint density at radius 3 is 2.44 bits per heavy atom. The first-order valence-corrected chi connectivity index (χ1v) is 9.63. The van der Waals surface area contributed by atoms with Gasteiger partial charge in [-0.05, 0) is 75.6 Å². The molecular weight excluding hydrogens is 306 g/mol. The lowest BCUT2D eigenvalue weighted by molar-refractivity contribution is 0.0509. The molecule has 2 nitrogen and oxygen atoms in total. The molecule has 3 aliphatic rings. The summed E-state index contributed by atoms with van der Waals surface area (Å²) in [6, 6.07) is 13.6. The van der Waals surface area contributed by atoms with E-state index < -0.39 is 0 Å². The second-order valence-corrected chi connectivity index (χ2v) is 8.93. The van der Waals surface area contributed by atoms with E-state index in [1.54, 1.807) is 0 Å². The molecule has 1 unspecified atom stereocenters. The van der Waals surface area contributed by atoms with Crippen molar-refractivity contribution in [1.29, 1.82) is 0 Å². The normalized spacial score (nSPS) is 32.0. The predicted molar refractivity (Wildman–Crippen MR) is 105 cm³/mol. The minimum Gasteiger partial charge on any atom is -0.456 e. The lowest BCUT2D eigenvalue weighted by Gasteiger charge is -2.63. The number of furan rings is 1. The molecule has 2 aliphatic heterocycles. The summed E-state index contributed by atoms with van der Waals surface area (Å²) in [6.45, 7) is 9.64. The number of benzene rings is 2. The zero-order chi connectivity index (χ0) is 17.4. The summed E-state index contributed by atoms with van der Waals surface area (Å²) in [5, 5.41) is 2.48. The molecule has 3 fully saturated rings. The van der Waals surface area contributed by atoms with Gasteiger partial charge in [-0.1, -0.05) is 25.1 Å². The fraction of sp³-hybridized carbons (Fsp3) is 0.478. The molecule has 2 aromatic carbocycles. The number of aryl methyl sites for hydroxylation is 1. The van der Waals surface area contributed by atoms with E-state index in [1.807, 2.05) is 6.07 Å². The molecule has 1 saturated carbocycles. The van der Waals surface area contributed by atoms with Crippen LogP contribution in [0, 0.1) is 12.3 Å². The Labute approximate surface area is 149 Å². The van der Waals surface area contributed by atoms with Crippen molar-refractivity contribution in [1.82, 2.24) is 0 Å². The second-order valence-electron chi connectivity index (χ2n) is 8.93. The van der Waals surface area contributed by atoms with Crippen LogP contribution in [-0.2, 0) is 0 Å². The number of anilines is 1. The summed E-state index contributed by atoms with van der Waals surface area (Å²) in [6.07, 6.45) is 5.32. The van der Waals surface area contributed by atoms with E-state index >= 15 is 0 Å². The number of hydrogen-bond donors (Lipinski definition) is 0. The molecule has 3 aromatic rings. The summed E-state index contributed by atoms with van der Waals surface area (Å²) in [7, 11) is 0. The van der Waals surface area contributed by atoms with Crippen LogP contribution in [0.2, 0.25) is 0 Å². The number of hydrogen-bond acceptors (Lipinski definition) is 2. The predicted octanol–water partition coefficient (Wildman–Crippen LogP) is 6.44. The van der Waals surface area contributed by atoms with Crippen molar-refractivity contribution in [3.63, 3.8) is 0 Å². The molecule has 2 bridgehead atoms. The van der Waals surface area contributed by atoms with Gasteiger partial charge in [0, 0.05) is 28.0 Å². The third-order valence-electron chi connectivity index (χ3n) is 7.40. The number of para-hydroxylation sites is 1. The summed E-state index contributed by atoms with van der Waals surface area (Å²) >= 11 is 0. The molecule has 3 heterocycles. The highest BCUT2D eigenvalue weighted by atomic mass is 16.3. The number of rotatable bonds is 1. The van der Waals surface area contributed by atoms with E-state index in [9.17, 15) is 0 Å². The van der Waals surface area contributed by atoms with E-state index in [1.165, 1.54) is 47.7 Å². The van der Waals surface area contributed by atoms with E-state index in [0.717, 1.165) is 11.2 Å². The van der Waals surface area contributed by atoms with Crippen LogP contribution in [0.5, 0.6) is 0 Å². The Balaban J connectivity index is 1.74. The number of piperidine rings is 2. The van der Waals surface area contributed by atoms with Gasteiger partial charge in [-0.25, -0.2) is 0 Å². The molecule has 2 saturated heterocycles. The average molecular weight is 333 g/mol. The van der Waals surface area contributed by atoms with Gasteiger partial charge in [0.05, 0.1) is 0 Å². The first-order chi connectivity index (χ1) is 11.9. The van der Waals surface area contributed by atoms with Gasteiger partial charge in [0.1, 0.15) is 11.2 Å². The lowest BCUT2D eigenvalue weighted by atomic mass is 9.59. The monoisotopic (exact) mass is 333 g/mol. The fourth-order valence-corrected chi connectivity index (χ4v) is 5.42. The van der Waals surface area contributed by atoms with Crippen molar-refractivity contribution in [3.05, 3.63) is 42.0 Å². The minimum absolute atomic E-state index is 0.287. The average Bonchev–Trinajstić information content (AvgIpc) is 2.94. The Kier molecular flexibility index (Phi) is 2.94. The maximum Gasteiger partial charge on any atom is 0.135 e. The highest BCUT2D eigenvalue weighted by Gasteiger charge is 2.53. The van der Waals surface area contributed by atoms with Crippen LogP contribution in [0.1, 0.15) is 52.0 Å². The van der Waals surface area contributed by atoms with Crippen molar-refractivity contribution >= 4 is 27.6 Å². The molecule has 1 atom stereocenters. The molecule has 25 heavy (non-hydrogen) atoms. The smallest absolute Gasteiger partial charge is 0.135 e. The van der Waals surface area contributed by atoms with Gasteiger partial charge >= 0.3 is 0 Å². The third-order valence-corrected chi connectivity index (χ3v) is 7.40. The van der Waals surface area contributed by atoms with Crippen LogP contribution in [0.4, 0.5) is 5.69 Å². The maximum atomic E-state index is 6.09. The van der Waals surface area contributed by atoms with E-state index in [2.05, 4.69) is 62.9 Å². The summed E-state index contributed by atoms with van der Waals surface area (Å²) in [4.78, 5) is 2.75. The van der Waals surface area contributed by atoms with Crippen LogP contribution in [0.25, 0.3) is 21.9 Å². The summed E-state index contributed by atoms with van der Waals surface area (Å²) < 4.78 is 6.09. The van der Waals surface area contributed by atoms with E-state index in [-0.39, 0.29) is 5.54 Å². The highest BCUT2D eigenvalue weighted by Crippen LogP contribution is 2.55. The van der Waals surface area contributed by atoms with Crippen LogP contribution in [0.3, 0.4) is 0 Å². The van der Waals surface area contributed by atoms with Crippen molar-refractivity contribution < 1.29 is 4.42 Å². The standard InChI is InChI=1S/C23H27NO/c1-15-13-21-18(17-7-5-6-8-20(17)25-21)14-19(15)24-16(2)22(3)9-11-23(24,4)12-10-22/h5-8,13-14,16H,9-12H2,1-4H3. The zero-order valence-corrected chi connectivity index (χ0v) is 15.7. The van der Waals surface area contributed by atoms with Gasteiger partial charge < -0.3 is 9.32 Å². The Bertz CT molecular complexity index is 974. The molecule has 0 spiro atoms. The van der Waals surface area contributed by atoms with Crippen molar-refractivity contribution in [2.75, 3.05) is 4.90 Å². The first kappa shape index (κ1) is 15.3. The van der Waals surface area contributed by atoms with E-state index in [4.69, 9.17) is 4.42 Å². The third kappa shape index (κ3) is 1.97. The summed E-state index contributed by atoms with van der Waals surface area (Å²) in [5.41, 5.74) is 5.46. The van der Waals surface area contributed by atoms with Crippen LogP contribution >= 0.6 is 0 Å². The van der Waals surface area contributed by atoms with Crippen LogP contribution < -0.4 is 4.90 Å². The Hall–Kier alpha value is -1.96. The number of nitrogens with zero attached hydrogens (tertiary/aromatic N) is 1. The molecular formula is C23H27NO. The molecule has 6 rings (SSSR count). The molecule has 0 N–H and O–H groups in total. The van der Waals surface area contributed by atoms with Crippen molar-refractivity contribution in [2.45, 2.75) is 65.0 Å². The van der Waals surface area contributed by atoms with Crippen LogP contribution in [-0.4, -0.2) is 11.6 Å². The largest absolute Gasteiger partial charge is 0.456 e. The van der Waals surface area contributed by atoms with Gasteiger partial charge in [-0.3, -0.25) is 0 Å². The van der Waals surface area contributed by atoms with E-state index in [0.29, 0.717) is 11.5 Å². The van der Waals surface area contributed by atoms with Gasteiger partial charge in [-0.15, -0.1) is 0 Å². The van der Waals surface area contributed by atoms with Gasteiger partial charge in [0.15, 0.2) is 0 Å². The SMILES string of the molecule is Cc1cc2oc3ccccc3c2cc1N1C(C)C2(C)CCC1(C)CC2. The quantitative estimate of drug-likeness (QED) is 0.509. The minimum atomic E-state index is 0.287. The summed E-state index contributed by atoms with van der Waals surface area (Å²) in [5.74, 6) is 0. The fourth-order valence-electron chi connectivity index (χ4n) is 5.42. The van der Waals surface area contributed by atoms with Gasteiger partial charge in [0.2, 0.25) is 0 Å². The van der Waals surface area contributed by atoms with Gasteiger partial charge in [0.25, 0.3) is 0 Å². The van der Waals surface area contributed by atoms with Crippen molar-refractivity contribution in [2.24, 2.45) is 5.41 Å². The molecule has 0 amide bonds. The molecule has 1 aromatic heterocycles. The first-order valence-electron chi connectivity index (χ1n) is 9.63. The molecule has 0 radical (unpaired) electrons. The Morgan fingerprint density at radius 1 is 0.960 bits per heavy atom. The van der Waals surface area contributed by atoms with Crippen LogP contribution in [0.15, 0.2) is 40.8 Å².